The van der Waals surface area contributed by atoms with E-state index in [1.54, 1.807) is 36.4 Å². The summed E-state index contributed by atoms with van der Waals surface area (Å²) in [7, 11) is -3.23. The molecule has 1 N–H and O–H groups in total. The summed E-state index contributed by atoms with van der Waals surface area (Å²) in [6, 6.07) is 15.7. The molecule has 0 aromatic heterocycles. The maximum Gasteiger partial charge on any atom is 0.233 e. The highest BCUT2D eigenvalue weighted by Gasteiger charge is 2.11. The van der Waals surface area contributed by atoms with E-state index in [9.17, 15) is 4.21 Å². The van der Waals surface area contributed by atoms with Gasteiger partial charge in [-0.1, -0.05) is 35.9 Å². The molecule has 4 heteroatoms. The summed E-state index contributed by atoms with van der Waals surface area (Å²) in [5.41, 5.74) is 1.06. The largest absolute Gasteiger partial charge is 0.393 e. The van der Waals surface area contributed by atoms with Gasteiger partial charge in [0, 0.05) is 0 Å². The van der Waals surface area contributed by atoms with Crippen LogP contribution in [0.4, 0.5) is 0 Å². The number of rotatable bonds is 3. The van der Waals surface area contributed by atoms with Gasteiger partial charge in [-0.2, -0.15) is 0 Å². The lowest BCUT2D eigenvalue weighted by Gasteiger charge is -2.09. The molecule has 3 nitrogen and oxygen atoms in total. The van der Waals surface area contributed by atoms with Crippen LogP contribution in [0.1, 0.15) is 5.56 Å². The minimum absolute atomic E-state index is 0.381. The van der Waals surface area contributed by atoms with E-state index in [1.807, 2.05) is 25.1 Å². The Bertz CT molecular complexity index is 589. The quantitative estimate of drug-likeness (QED) is 0.903. The standard InChI is InChI=1S/C13H13NO2S/c1-11-7-9-13(10-8-11)17(14,15)16-12-5-3-2-4-6-12/h2-10,14H,1H3. The van der Waals surface area contributed by atoms with Gasteiger partial charge in [-0.3, -0.25) is 0 Å². The number of benzene rings is 2. The Morgan fingerprint density at radius 3 is 2.18 bits per heavy atom. The molecule has 0 bridgehead atoms. The fourth-order valence-corrected chi connectivity index (χ4v) is 2.35. The molecule has 0 heterocycles. The van der Waals surface area contributed by atoms with Crippen LogP contribution in [-0.2, 0) is 10.0 Å². The van der Waals surface area contributed by atoms with Crippen LogP contribution in [0.3, 0.4) is 0 Å². The predicted octanol–water partition coefficient (Wildman–Crippen LogP) is 3.39. The van der Waals surface area contributed by atoms with Gasteiger partial charge in [-0.25, -0.2) is 8.99 Å². The van der Waals surface area contributed by atoms with Crippen molar-refractivity contribution in [1.29, 1.82) is 4.78 Å². The topological polar surface area (TPSA) is 50.2 Å². The van der Waals surface area contributed by atoms with Crippen LogP contribution in [0.5, 0.6) is 5.75 Å². The van der Waals surface area contributed by atoms with Gasteiger partial charge in [-0.05, 0) is 31.2 Å². The summed E-state index contributed by atoms with van der Waals surface area (Å²) in [5.74, 6) is 0.438. The van der Waals surface area contributed by atoms with Crippen molar-refractivity contribution >= 4 is 10.0 Å². The van der Waals surface area contributed by atoms with Crippen molar-refractivity contribution in [3.05, 3.63) is 60.2 Å². The summed E-state index contributed by atoms with van der Waals surface area (Å²) in [6.45, 7) is 1.94. The van der Waals surface area contributed by atoms with Crippen LogP contribution in [0.15, 0.2) is 59.5 Å². The molecule has 0 amide bonds. The van der Waals surface area contributed by atoms with Gasteiger partial charge in [0.1, 0.15) is 5.75 Å². The van der Waals surface area contributed by atoms with Crippen molar-refractivity contribution in [3.63, 3.8) is 0 Å². The Hall–Kier alpha value is -1.81. The molecule has 2 aromatic rings. The fraction of sp³-hybridized carbons (Fsp3) is 0.0769. The molecule has 1 unspecified atom stereocenters. The van der Waals surface area contributed by atoms with Gasteiger partial charge in [0.15, 0.2) is 0 Å². The highest BCUT2D eigenvalue weighted by molar-refractivity contribution is 7.88. The third-order valence-corrected chi connectivity index (χ3v) is 3.61. The molecule has 0 saturated heterocycles. The maximum atomic E-state index is 12.1. The fourth-order valence-electron chi connectivity index (χ4n) is 1.38. The van der Waals surface area contributed by atoms with Gasteiger partial charge in [0.05, 0.1) is 4.90 Å². The summed E-state index contributed by atoms with van der Waals surface area (Å²) in [6.07, 6.45) is 0. The summed E-state index contributed by atoms with van der Waals surface area (Å²) < 4.78 is 25.1. The predicted molar refractivity (Wildman–Crippen MR) is 67.4 cm³/mol. The van der Waals surface area contributed by atoms with E-state index in [2.05, 4.69) is 0 Å². The summed E-state index contributed by atoms with van der Waals surface area (Å²) >= 11 is 0. The van der Waals surface area contributed by atoms with Gasteiger partial charge >= 0.3 is 0 Å². The first kappa shape index (κ1) is 11.7. The first-order valence-electron chi connectivity index (χ1n) is 5.18. The van der Waals surface area contributed by atoms with Crippen molar-refractivity contribution in [2.75, 3.05) is 0 Å². The average Bonchev–Trinajstić information content (AvgIpc) is 2.30. The number of hydrogen-bond donors (Lipinski definition) is 1. The van der Waals surface area contributed by atoms with Crippen molar-refractivity contribution in [1.82, 2.24) is 0 Å². The van der Waals surface area contributed by atoms with Gasteiger partial charge in [0.2, 0.25) is 10.0 Å². The zero-order valence-corrected chi connectivity index (χ0v) is 10.2. The van der Waals surface area contributed by atoms with Gasteiger partial charge in [0.25, 0.3) is 0 Å². The molecular weight excluding hydrogens is 234 g/mol. The third-order valence-electron chi connectivity index (χ3n) is 2.29. The van der Waals surface area contributed by atoms with E-state index in [1.165, 1.54) is 0 Å². The lowest BCUT2D eigenvalue weighted by Crippen LogP contribution is -2.07. The highest BCUT2D eigenvalue weighted by atomic mass is 32.2. The normalized spacial score (nSPS) is 13.9. The lowest BCUT2D eigenvalue weighted by molar-refractivity contribution is 0.547. The Morgan fingerprint density at radius 2 is 1.59 bits per heavy atom. The molecule has 0 aliphatic rings. The monoisotopic (exact) mass is 247 g/mol. The molecule has 0 spiro atoms. The SMILES string of the molecule is Cc1ccc(S(=N)(=O)Oc2ccccc2)cc1. The Morgan fingerprint density at radius 1 is 1.00 bits per heavy atom. The van der Waals surface area contributed by atoms with Crippen molar-refractivity contribution in [2.45, 2.75) is 11.8 Å². The molecule has 1 atom stereocenters. The van der Waals surface area contributed by atoms with E-state index in [4.69, 9.17) is 8.96 Å². The first-order valence-corrected chi connectivity index (χ1v) is 6.66. The van der Waals surface area contributed by atoms with Crippen LogP contribution in [0.25, 0.3) is 0 Å². The lowest BCUT2D eigenvalue weighted by atomic mass is 10.2. The molecule has 0 aliphatic heterocycles. The first-order chi connectivity index (χ1) is 8.08. The number of para-hydroxylation sites is 1. The van der Waals surface area contributed by atoms with Crippen LogP contribution >= 0.6 is 0 Å². The van der Waals surface area contributed by atoms with E-state index >= 15 is 0 Å². The minimum atomic E-state index is -3.23. The number of nitrogens with one attached hydrogen (secondary N) is 1. The zero-order chi connectivity index (χ0) is 12.3. The van der Waals surface area contributed by atoms with E-state index in [-0.39, 0.29) is 0 Å². The molecule has 0 radical (unpaired) electrons. The molecule has 17 heavy (non-hydrogen) atoms. The Balaban J connectivity index is 2.29. The molecule has 0 aliphatic carbocycles. The second-order valence-electron chi connectivity index (χ2n) is 3.71. The van der Waals surface area contributed by atoms with E-state index < -0.39 is 10.0 Å². The van der Waals surface area contributed by atoms with Crippen LogP contribution < -0.4 is 4.18 Å². The molecule has 0 fully saturated rings. The Labute approximate surface area is 101 Å². The van der Waals surface area contributed by atoms with Crippen molar-refractivity contribution < 1.29 is 8.39 Å². The van der Waals surface area contributed by atoms with Crippen LogP contribution in [0.2, 0.25) is 0 Å². The Kier molecular flexibility index (Phi) is 3.15. The number of hydrogen-bond acceptors (Lipinski definition) is 3. The van der Waals surface area contributed by atoms with Gasteiger partial charge in [-0.15, -0.1) is 0 Å². The molecular formula is C13H13NO2S. The molecule has 2 rings (SSSR count). The van der Waals surface area contributed by atoms with E-state index in [0.717, 1.165) is 5.56 Å². The summed E-state index contributed by atoms with van der Waals surface area (Å²) in [5, 5.41) is 0. The number of aryl methyl sites for hydroxylation is 1. The third kappa shape index (κ3) is 2.85. The van der Waals surface area contributed by atoms with Crippen molar-refractivity contribution in [3.8, 4) is 5.75 Å². The highest BCUT2D eigenvalue weighted by Crippen LogP contribution is 2.18. The zero-order valence-electron chi connectivity index (χ0n) is 9.42. The van der Waals surface area contributed by atoms with E-state index in [0.29, 0.717) is 10.6 Å². The van der Waals surface area contributed by atoms with Crippen molar-refractivity contribution in [2.24, 2.45) is 0 Å². The second-order valence-corrected chi connectivity index (χ2v) is 5.36. The molecule has 88 valence electrons. The smallest absolute Gasteiger partial charge is 0.233 e. The molecule has 2 aromatic carbocycles. The summed E-state index contributed by atoms with van der Waals surface area (Å²) in [4.78, 5) is 0.381. The van der Waals surface area contributed by atoms with Crippen LogP contribution in [0, 0.1) is 11.7 Å². The minimum Gasteiger partial charge on any atom is -0.393 e. The molecule has 0 saturated carbocycles. The van der Waals surface area contributed by atoms with Gasteiger partial charge < -0.3 is 4.18 Å². The second kappa shape index (κ2) is 4.59. The van der Waals surface area contributed by atoms with Crippen LogP contribution in [-0.4, -0.2) is 4.21 Å². The maximum absolute atomic E-state index is 12.1. The average molecular weight is 247 g/mol.